The smallest absolute Gasteiger partial charge is 0.224 e. The lowest BCUT2D eigenvalue weighted by Gasteiger charge is -2.19. The fraction of sp³-hybridized carbons (Fsp3) is 0.217. The number of carbonyl (C=O) groups excluding carboxylic acids is 1. The van der Waals surface area contributed by atoms with Gasteiger partial charge in [0.05, 0.1) is 0 Å². The van der Waals surface area contributed by atoms with Gasteiger partial charge in [-0.1, -0.05) is 36.4 Å². The van der Waals surface area contributed by atoms with Gasteiger partial charge in [0.25, 0.3) is 0 Å². The molecule has 0 spiro atoms. The molecule has 2 heterocycles. The Kier molecular flexibility index (Phi) is 5.15. The Hall–Kier alpha value is -3.14. The third-order valence-electron chi connectivity index (χ3n) is 4.93. The van der Waals surface area contributed by atoms with Gasteiger partial charge >= 0.3 is 0 Å². The largest absolute Gasteiger partial charge is 0.367 e. The normalized spacial score (nSPS) is 12.7. The van der Waals surface area contributed by atoms with Crippen molar-refractivity contribution in [2.24, 2.45) is 0 Å². The number of nitrogens with one attached hydrogen (secondary N) is 1. The first-order valence-corrected chi connectivity index (χ1v) is 9.39. The number of hydrogen-bond donors (Lipinski definition) is 1. The van der Waals surface area contributed by atoms with Gasteiger partial charge in [-0.15, -0.1) is 0 Å². The highest BCUT2D eigenvalue weighted by atomic mass is 16.1. The van der Waals surface area contributed by atoms with Gasteiger partial charge in [0.2, 0.25) is 5.91 Å². The number of amides is 1. The molecule has 0 atom stereocenters. The zero-order valence-corrected chi connectivity index (χ0v) is 15.3. The first-order valence-electron chi connectivity index (χ1n) is 9.39. The maximum absolute atomic E-state index is 12.1. The second-order valence-corrected chi connectivity index (χ2v) is 6.87. The number of fused-ring (bicyclic) bond motifs is 1. The van der Waals surface area contributed by atoms with Crippen molar-refractivity contribution in [2.45, 2.75) is 25.8 Å². The van der Waals surface area contributed by atoms with E-state index in [0.717, 1.165) is 30.9 Å². The highest BCUT2D eigenvalue weighted by Gasteiger charge is 2.18. The number of aromatic nitrogens is 1. The van der Waals surface area contributed by atoms with Crippen molar-refractivity contribution >= 4 is 17.3 Å². The van der Waals surface area contributed by atoms with E-state index in [1.807, 2.05) is 30.3 Å². The zero-order valence-electron chi connectivity index (χ0n) is 15.3. The summed E-state index contributed by atoms with van der Waals surface area (Å²) in [5, 5.41) is 2.97. The van der Waals surface area contributed by atoms with Gasteiger partial charge in [-0.2, -0.15) is 0 Å². The summed E-state index contributed by atoms with van der Waals surface area (Å²) >= 11 is 0. The number of pyridine rings is 1. The maximum atomic E-state index is 12.1. The number of anilines is 2. The summed E-state index contributed by atoms with van der Waals surface area (Å²) in [6, 6.07) is 22.5. The van der Waals surface area contributed by atoms with E-state index < -0.39 is 0 Å². The molecule has 0 aliphatic carbocycles. The number of para-hydroxylation sites is 1. The average Bonchev–Trinajstić information content (AvgIpc) is 3.12. The zero-order chi connectivity index (χ0) is 18.5. The van der Waals surface area contributed by atoms with E-state index in [1.165, 1.54) is 16.8 Å². The van der Waals surface area contributed by atoms with E-state index in [9.17, 15) is 4.79 Å². The molecule has 0 radical (unpaired) electrons. The Morgan fingerprint density at radius 3 is 2.63 bits per heavy atom. The molecule has 0 unspecified atom stereocenters. The van der Waals surface area contributed by atoms with Crippen LogP contribution in [0.5, 0.6) is 0 Å². The molecule has 1 aromatic heterocycles. The molecule has 2 aromatic carbocycles. The van der Waals surface area contributed by atoms with E-state index in [1.54, 1.807) is 6.20 Å². The van der Waals surface area contributed by atoms with Crippen LogP contribution in [-0.2, 0) is 24.2 Å². The van der Waals surface area contributed by atoms with Gasteiger partial charge in [0.1, 0.15) is 0 Å². The standard InChI is InChI=1S/C23H23N3O/c27-23(13-12-20-6-3-4-15-24-20)25-21-10-8-18(9-11-21)17-26-16-14-19-5-1-2-7-22(19)26/h1-11,15H,12-14,16-17H2,(H,25,27). The lowest BCUT2D eigenvalue weighted by atomic mass is 10.1. The van der Waals surface area contributed by atoms with Crippen LogP contribution in [0, 0.1) is 0 Å². The molecular weight excluding hydrogens is 334 g/mol. The van der Waals surface area contributed by atoms with Gasteiger partial charge in [0, 0.05) is 42.8 Å². The highest BCUT2D eigenvalue weighted by Crippen LogP contribution is 2.28. The van der Waals surface area contributed by atoms with E-state index in [4.69, 9.17) is 0 Å². The van der Waals surface area contributed by atoms with Crippen molar-refractivity contribution in [3.8, 4) is 0 Å². The summed E-state index contributed by atoms with van der Waals surface area (Å²) in [6.07, 6.45) is 3.95. The number of aryl methyl sites for hydroxylation is 1. The SMILES string of the molecule is O=C(CCc1ccccn1)Nc1ccc(CN2CCc3ccccc32)cc1. The molecule has 0 saturated heterocycles. The second-order valence-electron chi connectivity index (χ2n) is 6.87. The minimum absolute atomic E-state index is 0.0156. The Morgan fingerprint density at radius 1 is 1.00 bits per heavy atom. The van der Waals surface area contributed by atoms with Gasteiger partial charge in [-0.25, -0.2) is 0 Å². The first-order chi connectivity index (χ1) is 13.3. The van der Waals surface area contributed by atoms with Crippen LogP contribution in [-0.4, -0.2) is 17.4 Å². The second kappa shape index (κ2) is 8.04. The summed E-state index contributed by atoms with van der Waals surface area (Å²) in [5.74, 6) is 0.0156. The lowest BCUT2D eigenvalue weighted by Crippen LogP contribution is -2.19. The molecule has 4 rings (SSSR count). The molecule has 27 heavy (non-hydrogen) atoms. The molecule has 1 amide bonds. The number of benzene rings is 2. The number of rotatable bonds is 6. The number of carbonyl (C=O) groups is 1. The number of hydrogen-bond acceptors (Lipinski definition) is 3. The van der Waals surface area contributed by atoms with E-state index in [0.29, 0.717) is 12.8 Å². The molecule has 0 saturated carbocycles. The minimum atomic E-state index is 0.0156. The molecule has 1 aliphatic rings. The van der Waals surface area contributed by atoms with Crippen LogP contribution in [0.3, 0.4) is 0 Å². The van der Waals surface area contributed by atoms with Crippen molar-refractivity contribution in [1.29, 1.82) is 0 Å². The Bertz CT molecular complexity index is 906. The van der Waals surface area contributed by atoms with Crippen LogP contribution in [0.25, 0.3) is 0 Å². The third-order valence-corrected chi connectivity index (χ3v) is 4.93. The van der Waals surface area contributed by atoms with Crippen molar-refractivity contribution in [3.05, 3.63) is 89.7 Å². The topological polar surface area (TPSA) is 45.2 Å². The fourth-order valence-corrected chi connectivity index (χ4v) is 3.50. The molecule has 3 aromatic rings. The Balaban J connectivity index is 1.31. The van der Waals surface area contributed by atoms with Gasteiger partial charge in [-0.3, -0.25) is 9.78 Å². The summed E-state index contributed by atoms with van der Waals surface area (Å²) in [6.45, 7) is 1.95. The summed E-state index contributed by atoms with van der Waals surface area (Å²) in [5.41, 5.74) is 5.79. The van der Waals surface area contributed by atoms with E-state index >= 15 is 0 Å². The molecular formula is C23H23N3O. The third kappa shape index (κ3) is 4.34. The molecule has 0 bridgehead atoms. The molecule has 4 heteroatoms. The van der Waals surface area contributed by atoms with Crippen LogP contribution >= 0.6 is 0 Å². The monoisotopic (exact) mass is 357 g/mol. The van der Waals surface area contributed by atoms with Crippen LogP contribution in [0.4, 0.5) is 11.4 Å². The highest BCUT2D eigenvalue weighted by molar-refractivity contribution is 5.90. The fourth-order valence-electron chi connectivity index (χ4n) is 3.50. The Labute approximate surface area is 159 Å². The molecule has 4 nitrogen and oxygen atoms in total. The molecule has 1 aliphatic heterocycles. The van der Waals surface area contributed by atoms with Gasteiger partial charge < -0.3 is 10.2 Å². The van der Waals surface area contributed by atoms with Crippen molar-refractivity contribution in [1.82, 2.24) is 4.98 Å². The summed E-state index contributed by atoms with van der Waals surface area (Å²) in [7, 11) is 0. The minimum Gasteiger partial charge on any atom is -0.367 e. The van der Waals surface area contributed by atoms with Gasteiger partial charge in [-0.05, 0) is 54.3 Å². The van der Waals surface area contributed by atoms with E-state index in [2.05, 4.69) is 51.6 Å². The maximum Gasteiger partial charge on any atom is 0.224 e. The van der Waals surface area contributed by atoms with Crippen LogP contribution in [0.15, 0.2) is 72.9 Å². The van der Waals surface area contributed by atoms with Crippen LogP contribution in [0.2, 0.25) is 0 Å². The van der Waals surface area contributed by atoms with Crippen LogP contribution in [0.1, 0.15) is 23.2 Å². The first kappa shape index (κ1) is 17.3. The van der Waals surface area contributed by atoms with Crippen molar-refractivity contribution in [2.75, 3.05) is 16.8 Å². The molecule has 0 fully saturated rings. The lowest BCUT2D eigenvalue weighted by molar-refractivity contribution is -0.116. The predicted molar refractivity (Wildman–Crippen MR) is 109 cm³/mol. The quantitative estimate of drug-likeness (QED) is 0.718. The molecule has 136 valence electrons. The van der Waals surface area contributed by atoms with Gasteiger partial charge in [0.15, 0.2) is 0 Å². The van der Waals surface area contributed by atoms with Crippen molar-refractivity contribution < 1.29 is 4.79 Å². The van der Waals surface area contributed by atoms with Crippen LogP contribution < -0.4 is 10.2 Å². The summed E-state index contributed by atoms with van der Waals surface area (Å²) in [4.78, 5) is 18.8. The molecule has 1 N–H and O–H groups in total. The summed E-state index contributed by atoms with van der Waals surface area (Å²) < 4.78 is 0. The average molecular weight is 357 g/mol. The van der Waals surface area contributed by atoms with E-state index in [-0.39, 0.29) is 5.91 Å². The Morgan fingerprint density at radius 2 is 1.81 bits per heavy atom. The number of nitrogens with zero attached hydrogens (tertiary/aromatic N) is 2. The predicted octanol–water partition coefficient (Wildman–Crippen LogP) is 4.22. The van der Waals surface area contributed by atoms with Crippen molar-refractivity contribution in [3.63, 3.8) is 0 Å².